The zero-order chi connectivity index (χ0) is 13.0. The van der Waals surface area contributed by atoms with Crippen LogP contribution in [-0.4, -0.2) is 28.4 Å². The third kappa shape index (κ3) is 3.77. The Hall–Kier alpha value is -1.50. The van der Waals surface area contributed by atoms with Gasteiger partial charge in [0.15, 0.2) is 23.2 Å². The van der Waals surface area contributed by atoms with E-state index in [0.29, 0.717) is 12.1 Å². The van der Waals surface area contributed by atoms with Crippen LogP contribution in [0.5, 0.6) is 0 Å². The van der Waals surface area contributed by atoms with Crippen molar-refractivity contribution in [3.8, 4) is 0 Å². The van der Waals surface area contributed by atoms with Gasteiger partial charge in [-0.3, -0.25) is 9.59 Å². The molecule has 0 bridgehead atoms. The van der Waals surface area contributed by atoms with Gasteiger partial charge in [-0.25, -0.2) is 13.2 Å². The molecule has 1 aromatic rings. The standard InChI is InChI=1S/C10H7F3O3S/c11-6-1-5(2-7(12)10(6)13)8(14)3-17-4-9(15)16/h1-2H,3-4H2,(H,15,16). The zero-order valence-corrected chi connectivity index (χ0v) is 9.19. The number of rotatable bonds is 5. The first-order valence-corrected chi connectivity index (χ1v) is 5.54. The molecule has 0 heterocycles. The minimum Gasteiger partial charge on any atom is -0.481 e. The van der Waals surface area contributed by atoms with Crippen LogP contribution >= 0.6 is 11.8 Å². The van der Waals surface area contributed by atoms with E-state index in [2.05, 4.69) is 0 Å². The first-order chi connectivity index (χ1) is 7.91. The van der Waals surface area contributed by atoms with Gasteiger partial charge in [0.2, 0.25) is 0 Å². The number of carboxylic acids is 1. The van der Waals surface area contributed by atoms with Crippen LogP contribution in [0.3, 0.4) is 0 Å². The lowest BCUT2D eigenvalue weighted by Crippen LogP contribution is -2.08. The van der Waals surface area contributed by atoms with Crippen LogP contribution in [0.25, 0.3) is 0 Å². The third-order valence-corrected chi connectivity index (χ3v) is 2.68. The quantitative estimate of drug-likeness (QED) is 0.653. The summed E-state index contributed by atoms with van der Waals surface area (Å²) in [5.41, 5.74) is -0.320. The number of halogens is 3. The lowest BCUT2D eigenvalue weighted by atomic mass is 10.1. The maximum atomic E-state index is 12.8. The van der Waals surface area contributed by atoms with Crippen LogP contribution in [0, 0.1) is 17.5 Å². The van der Waals surface area contributed by atoms with Crippen molar-refractivity contribution in [2.24, 2.45) is 0 Å². The molecule has 0 radical (unpaired) electrons. The molecule has 1 N–H and O–H groups in total. The molecule has 0 saturated carbocycles. The molecule has 0 spiro atoms. The second-order valence-electron chi connectivity index (χ2n) is 3.06. The van der Waals surface area contributed by atoms with E-state index in [0.717, 1.165) is 11.8 Å². The van der Waals surface area contributed by atoms with Crippen molar-refractivity contribution in [3.05, 3.63) is 35.1 Å². The summed E-state index contributed by atoms with van der Waals surface area (Å²) < 4.78 is 38.2. The fourth-order valence-electron chi connectivity index (χ4n) is 1.03. The van der Waals surface area contributed by atoms with Crippen LogP contribution in [0.1, 0.15) is 10.4 Å². The van der Waals surface area contributed by atoms with Crippen molar-refractivity contribution in [2.75, 3.05) is 11.5 Å². The molecule has 0 saturated heterocycles. The lowest BCUT2D eigenvalue weighted by molar-refractivity contribution is -0.133. The van der Waals surface area contributed by atoms with E-state index >= 15 is 0 Å². The largest absolute Gasteiger partial charge is 0.481 e. The van der Waals surface area contributed by atoms with E-state index in [-0.39, 0.29) is 17.1 Å². The molecule has 17 heavy (non-hydrogen) atoms. The molecule has 0 unspecified atom stereocenters. The molecule has 0 aromatic heterocycles. The highest BCUT2D eigenvalue weighted by molar-refractivity contribution is 8.00. The third-order valence-electron chi connectivity index (χ3n) is 1.76. The second kappa shape index (κ2) is 5.72. The molecular weight excluding hydrogens is 257 g/mol. The molecule has 0 amide bonds. The number of hydrogen-bond donors (Lipinski definition) is 1. The molecule has 0 aliphatic rings. The molecule has 0 fully saturated rings. The van der Waals surface area contributed by atoms with Gasteiger partial charge in [0, 0.05) is 5.56 Å². The van der Waals surface area contributed by atoms with Gasteiger partial charge in [0.1, 0.15) is 0 Å². The van der Waals surface area contributed by atoms with Crippen molar-refractivity contribution in [1.29, 1.82) is 0 Å². The Morgan fingerprint density at radius 2 is 1.65 bits per heavy atom. The zero-order valence-electron chi connectivity index (χ0n) is 8.37. The number of hydrogen-bond acceptors (Lipinski definition) is 3. The number of Topliss-reactive ketones (excluding diaryl/α,β-unsaturated/α-hetero) is 1. The first-order valence-electron chi connectivity index (χ1n) is 4.39. The predicted molar refractivity (Wildman–Crippen MR) is 55.6 cm³/mol. The number of carboxylic acid groups (broad SMARTS) is 1. The van der Waals surface area contributed by atoms with Gasteiger partial charge >= 0.3 is 5.97 Å². The topological polar surface area (TPSA) is 54.4 Å². The van der Waals surface area contributed by atoms with Crippen LogP contribution < -0.4 is 0 Å². The molecule has 3 nitrogen and oxygen atoms in total. The molecule has 0 aliphatic heterocycles. The number of benzene rings is 1. The summed E-state index contributed by atoms with van der Waals surface area (Å²) >= 11 is 0.792. The van der Waals surface area contributed by atoms with Crippen molar-refractivity contribution < 1.29 is 27.9 Å². The van der Waals surface area contributed by atoms with Crippen molar-refractivity contribution in [1.82, 2.24) is 0 Å². The Morgan fingerprint density at radius 1 is 1.12 bits per heavy atom. The molecule has 0 atom stereocenters. The molecule has 0 aliphatic carbocycles. The fraction of sp³-hybridized carbons (Fsp3) is 0.200. The monoisotopic (exact) mass is 264 g/mol. The Kier molecular flexibility index (Phi) is 4.56. The van der Waals surface area contributed by atoms with Gasteiger partial charge in [-0.15, -0.1) is 11.8 Å². The number of aliphatic carboxylic acids is 1. The van der Waals surface area contributed by atoms with Crippen molar-refractivity contribution >= 4 is 23.5 Å². The highest BCUT2D eigenvalue weighted by Gasteiger charge is 2.15. The Labute approximate surface area is 98.6 Å². The number of carbonyl (C=O) groups is 2. The van der Waals surface area contributed by atoms with E-state index in [1.165, 1.54) is 0 Å². The fourth-order valence-corrected chi connectivity index (χ4v) is 1.66. The molecular formula is C10H7F3O3S. The van der Waals surface area contributed by atoms with E-state index in [1.54, 1.807) is 0 Å². The van der Waals surface area contributed by atoms with Gasteiger partial charge in [0.05, 0.1) is 11.5 Å². The van der Waals surface area contributed by atoms with Crippen LogP contribution in [0.4, 0.5) is 13.2 Å². The molecule has 1 aromatic carbocycles. The molecule has 1 rings (SSSR count). The second-order valence-corrected chi connectivity index (χ2v) is 4.05. The minimum absolute atomic E-state index is 0.239. The van der Waals surface area contributed by atoms with Gasteiger partial charge in [0.25, 0.3) is 0 Å². The van der Waals surface area contributed by atoms with Gasteiger partial charge in [-0.05, 0) is 12.1 Å². The smallest absolute Gasteiger partial charge is 0.313 e. The van der Waals surface area contributed by atoms with Crippen LogP contribution in [-0.2, 0) is 4.79 Å². The summed E-state index contributed by atoms with van der Waals surface area (Å²) in [5.74, 6) is -6.82. The van der Waals surface area contributed by atoms with Gasteiger partial charge in [-0.1, -0.05) is 0 Å². The van der Waals surface area contributed by atoms with E-state index in [4.69, 9.17) is 5.11 Å². The van der Waals surface area contributed by atoms with Gasteiger partial charge in [-0.2, -0.15) is 0 Å². The summed E-state index contributed by atoms with van der Waals surface area (Å²) in [4.78, 5) is 21.5. The number of carbonyl (C=O) groups excluding carboxylic acids is 1. The molecule has 7 heteroatoms. The Balaban J connectivity index is 2.73. The lowest BCUT2D eigenvalue weighted by Gasteiger charge is -2.02. The van der Waals surface area contributed by atoms with Crippen molar-refractivity contribution in [2.45, 2.75) is 0 Å². The number of ketones is 1. The predicted octanol–water partition coefficient (Wildman–Crippen LogP) is 2.10. The highest BCUT2D eigenvalue weighted by atomic mass is 32.2. The van der Waals surface area contributed by atoms with E-state index in [1.807, 2.05) is 0 Å². The summed E-state index contributed by atoms with van der Waals surface area (Å²) in [6.45, 7) is 0. The van der Waals surface area contributed by atoms with Crippen LogP contribution in [0.15, 0.2) is 12.1 Å². The van der Waals surface area contributed by atoms with Crippen molar-refractivity contribution in [3.63, 3.8) is 0 Å². The maximum Gasteiger partial charge on any atom is 0.313 e. The number of thioether (sulfide) groups is 1. The summed E-state index contributed by atoms with van der Waals surface area (Å²) in [5, 5.41) is 8.32. The summed E-state index contributed by atoms with van der Waals surface area (Å²) in [6.07, 6.45) is 0. The Morgan fingerprint density at radius 3 is 2.12 bits per heavy atom. The minimum atomic E-state index is -1.64. The first kappa shape index (κ1) is 13.6. The summed E-state index contributed by atoms with van der Waals surface area (Å²) in [6, 6.07) is 1.17. The van der Waals surface area contributed by atoms with Crippen LogP contribution in [0.2, 0.25) is 0 Å². The SMILES string of the molecule is O=C(O)CSCC(=O)c1cc(F)c(F)c(F)c1. The average molecular weight is 264 g/mol. The normalized spacial score (nSPS) is 10.3. The average Bonchev–Trinajstić information content (AvgIpc) is 2.24. The Bertz CT molecular complexity index is 439. The van der Waals surface area contributed by atoms with E-state index in [9.17, 15) is 22.8 Å². The van der Waals surface area contributed by atoms with E-state index < -0.39 is 29.2 Å². The summed E-state index contributed by atoms with van der Waals surface area (Å²) in [7, 11) is 0. The highest BCUT2D eigenvalue weighted by Crippen LogP contribution is 2.15. The maximum absolute atomic E-state index is 12.8. The van der Waals surface area contributed by atoms with Gasteiger partial charge < -0.3 is 5.11 Å². The molecule has 92 valence electrons.